The Balaban J connectivity index is 2.42. The first-order chi connectivity index (χ1) is 9.82. The summed E-state index contributed by atoms with van der Waals surface area (Å²) in [5.41, 5.74) is 6.76. The van der Waals surface area contributed by atoms with Crippen LogP contribution in [0.4, 0.5) is 11.4 Å². The molecule has 114 valence electrons. The number of carbonyl (C=O) groups excluding carboxylic acids is 2. The minimum absolute atomic E-state index is 0.249. The quantitative estimate of drug-likeness (QED) is 0.677. The summed E-state index contributed by atoms with van der Waals surface area (Å²) in [5.74, 6) is -0.290. The Bertz CT molecular complexity index is 571. The van der Waals surface area contributed by atoms with Crippen LogP contribution >= 0.6 is 0 Å². The lowest BCUT2D eigenvalue weighted by Gasteiger charge is -2.36. The lowest BCUT2D eigenvalue weighted by Crippen LogP contribution is -2.52. The van der Waals surface area contributed by atoms with Crippen molar-refractivity contribution in [1.82, 2.24) is 0 Å². The number of esters is 1. The number of hydrogen-bond acceptors (Lipinski definition) is 5. The van der Waals surface area contributed by atoms with E-state index in [4.69, 9.17) is 15.2 Å². The first-order valence-electron chi connectivity index (χ1n) is 6.91. The molecule has 1 aliphatic heterocycles. The topological polar surface area (TPSA) is 81.9 Å². The Hall–Kier alpha value is -2.24. The highest BCUT2D eigenvalue weighted by atomic mass is 16.5. The fourth-order valence-corrected chi connectivity index (χ4v) is 2.26. The van der Waals surface area contributed by atoms with Crippen molar-refractivity contribution < 1.29 is 19.1 Å². The van der Waals surface area contributed by atoms with Crippen LogP contribution < -0.4 is 15.4 Å². The van der Waals surface area contributed by atoms with E-state index in [-0.39, 0.29) is 12.0 Å². The van der Waals surface area contributed by atoms with Gasteiger partial charge in [-0.25, -0.2) is 4.79 Å². The molecule has 0 bridgehead atoms. The molecule has 0 radical (unpaired) electrons. The minimum Gasteiger partial charge on any atom is -0.479 e. The number of carbonyl (C=O) groups is 2. The molecule has 0 saturated heterocycles. The Morgan fingerprint density at radius 3 is 2.67 bits per heavy atom. The van der Waals surface area contributed by atoms with Gasteiger partial charge in [-0.05, 0) is 39.8 Å². The zero-order chi connectivity index (χ0) is 15.7. The van der Waals surface area contributed by atoms with Crippen molar-refractivity contribution in [2.75, 3.05) is 10.6 Å². The van der Waals surface area contributed by atoms with Gasteiger partial charge in [0, 0.05) is 0 Å². The van der Waals surface area contributed by atoms with Crippen LogP contribution in [-0.4, -0.2) is 30.1 Å². The van der Waals surface area contributed by atoms with Crippen LogP contribution in [0.25, 0.3) is 0 Å². The highest BCUT2D eigenvalue weighted by Gasteiger charge is 2.39. The average molecular weight is 292 g/mol. The van der Waals surface area contributed by atoms with Gasteiger partial charge in [-0.2, -0.15) is 0 Å². The third-order valence-electron chi connectivity index (χ3n) is 3.24. The number of amides is 1. The first-order valence-corrected chi connectivity index (χ1v) is 6.91. The zero-order valence-electron chi connectivity index (χ0n) is 12.6. The van der Waals surface area contributed by atoms with E-state index >= 15 is 0 Å². The van der Waals surface area contributed by atoms with Gasteiger partial charge in [-0.15, -0.1) is 0 Å². The minimum atomic E-state index is -0.769. The fraction of sp³-hybridized carbons (Fsp3) is 0.467. The number of anilines is 2. The van der Waals surface area contributed by atoms with Gasteiger partial charge in [0.2, 0.25) is 0 Å². The van der Waals surface area contributed by atoms with Crippen molar-refractivity contribution in [2.45, 2.75) is 45.9 Å². The van der Waals surface area contributed by atoms with Crippen LogP contribution in [0.5, 0.6) is 5.75 Å². The Labute approximate surface area is 123 Å². The van der Waals surface area contributed by atoms with Crippen LogP contribution in [0.1, 0.15) is 27.7 Å². The van der Waals surface area contributed by atoms with Crippen molar-refractivity contribution in [3.63, 3.8) is 0 Å². The summed E-state index contributed by atoms with van der Waals surface area (Å²) in [6.07, 6.45) is -0.922. The standard InChI is InChI=1S/C15H20N2O4/c1-8(2)20-15(19)9(3)17-13-11(16)6-5-7-12(13)21-10(4)14(17)18/h5-10H,16H2,1-4H3. The molecule has 21 heavy (non-hydrogen) atoms. The molecule has 1 aliphatic rings. The fourth-order valence-electron chi connectivity index (χ4n) is 2.26. The predicted octanol–water partition coefficient (Wildman–Crippen LogP) is 1.72. The van der Waals surface area contributed by atoms with Gasteiger partial charge in [-0.1, -0.05) is 6.07 Å². The van der Waals surface area contributed by atoms with Crippen LogP contribution in [0, 0.1) is 0 Å². The number of nitrogens with two attached hydrogens (primary N) is 1. The number of para-hydroxylation sites is 1. The lowest BCUT2D eigenvalue weighted by atomic mass is 10.1. The molecular formula is C15H20N2O4. The zero-order valence-corrected chi connectivity index (χ0v) is 12.6. The van der Waals surface area contributed by atoms with Gasteiger partial charge in [-0.3, -0.25) is 9.69 Å². The number of hydrogen-bond donors (Lipinski definition) is 1. The Morgan fingerprint density at radius 1 is 1.38 bits per heavy atom. The third kappa shape index (κ3) is 2.79. The Morgan fingerprint density at radius 2 is 2.05 bits per heavy atom. The molecule has 0 spiro atoms. The van der Waals surface area contributed by atoms with Crippen molar-refractivity contribution in [2.24, 2.45) is 0 Å². The first kappa shape index (κ1) is 15.2. The summed E-state index contributed by atoms with van der Waals surface area (Å²) in [7, 11) is 0. The second-order valence-electron chi connectivity index (χ2n) is 5.32. The van der Waals surface area contributed by atoms with E-state index in [0.717, 1.165) is 0 Å². The maximum atomic E-state index is 12.4. The predicted molar refractivity (Wildman–Crippen MR) is 79.1 cm³/mol. The van der Waals surface area contributed by atoms with Crippen molar-refractivity contribution in [3.8, 4) is 5.75 Å². The van der Waals surface area contributed by atoms with E-state index in [1.807, 2.05) is 0 Å². The van der Waals surface area contributed by atoms with E-state index in [9.17, 15) is 9.59 Å². The highest BCUT2D eigenvalue weighted by molar-refractivity contribution is 6.06. The molecule has 2 rings (SSSR count). The summed E-state index contributed by atoms with van der Waals surface area (Å²) in [6.45, 7) is 6.78. The maximum absolute atomic E-state index is 12.4. The maximum Gasteiger partial charge on any atom is 0.329 e. The molecule has 1 aromatic carbocycles. The van der Waals surface area contributed by atoms with Gasteiger partial charge >= 0.3 is 5.97 Å². The average Bonchev–Trinajstić information content (AvgIpc) is 2.39. The Kier molecular flexibility index (Phi) is 4.06. The van der Waals surface area contributed by atoms with Gasteiger partial charge in [0.05, 0.1) is 11.8 Å². The number of benzene rings is 1. The second-order valence-corrected chi connectivity index (χ2v) is 5.32. The van der Waals surface area contributed by atoms with Crippen molar-refractivity contribution >= 4 is 23.3 Å². The van der Waals surface area contributed by atoms with Crippen LogP contribution in [-0.2, 0) is 14.3 Å². The van der Waals surface area contributed by atoms with Gasteiger partial charge in [0.15, 0.2) is 6.10 Å². The van der Waals surface area contributed by atoms with Gasteiger partial charge < -0.3 is 15.2 Å². The van der Waals surface area contributed by atoms with Gasteiger partial charge in [0.25, 0.3) is 5.91 Å². The number of rotatable bonds is 3. The summed E-state index contributed by atoms with van der Waals surface area (Å²) >= 11 is 0. The molecule has 6 nitrogen and oxygen atoms in total. The van der Waals surface area contributed by atoms with Gasteiger partial charge in [0.1, 0.15) is 17.5 Å². The smallest absolute Gasteiger partial charge is 0.329 e. The molecule has 1 aromatic rings. The van der Waals surface area contributed by atoms with Crippen molar-refractivity contribution in [3.05, 3.63) is 18.2 Å². The van der Waals surface area contributed by atoms with E-state index in [1.54, 1.807) is 45.9 Å². The summed E-state index contributed by atoms with van der Waals surface area (Å²) < 4.78 is 10.7. The molecule has 2 atom stereocenters. The van der Waals surface area contributed by atoms with E-state index in [0.29, 0.717) is 17.1 Å². The second kappa shape index (κ2) is 5.63. The summed E-state index contributed by atoms with van der Waals surface area (Å²) in [4.78, 5) is 25.9. The lowest BCUT2D eigenvalue weighted by molar-refractivity contribution is -0.150. The SMILES string of the molecule is CC(C)OC(=O)C(C)N1C(=O)C(C)Oc2cccc(N)c21. The van der Waals surface area contributed by atoms with E-state index in [1.165, 1.54) is 4.90 Å². The molecule has 1 heterocycles. The van der Waals surface area contributed by atoms with Crippen LogP contribution in [0.2, 0.25) is 0 Å². The molecule has 6 heteroatoms. The number of nitrogen functional groups attached to an aromatic ring is 1. The van der Waals surface area contributed by atoms with E-state index in [2.05, 4.69) is 0 Å². The normalized spacial score (nSPS) is 19.0. The molecule has 0 aromatic heterocycles. The van der Waals surface area contributed by atoms with Crippen LogP contribution in [0.3, 0.4) is 0 Å². The number of fused-ring (bicyclic) bond motifs is 1. The summed E-state index contributed by atoms with van der Waals surface area (Å²) in [5, 5.41) is 0. The molecule has 2 N–H and O–H groups in total. The molecule has 1 amide bonds. The van der Waals surface area contributed by atoms with Crippen molar-refractivity contribution in [1.29, 1.82) is 0 Å². The number of ether oxygens (including phenoxy) is 2. The van der Waals surface area contributed by atoms with E-state index < -0.39 is 18.1 Å². The molecule has 0 aliphatic carbocycles. The third-order valence-corrected chi connectivity index (χ3v) is 3.24. The molecule has 2 unspecified atom stereocenters. The highest BCUT2D eigenvalue weighted by Crippen LogP contribution is 2.40. The molecule has 0 saturated carbocycles. The number of nitrogens with zero attached hydrogens (tertiary/aromatic N) is 1. The summed E-state index contributed by atoms with van der Waals surface area (Å²) in [6, 6.07) is 4.36. The molecular weight excluding hydrogens is 272 g/mol. The monoisotopic (exact) mass is 292 g/mol. The largest absolute Gasteiger partial charge is 0.479 e. The van der Waals surface area contributed by atoms with Crippen LogP contribution in [0.15, 0.2) is 18.2 Å². The molecule has 0 fully saturated rings.